The molecule has 2 nitrogen and oxygen atoms in total. The Labute approximate surface area is 99.9 Å². The lowest BCUT2D eigenvalue weighted by atomic mass is 9.93. The Hall–Kier alpha value is -1.28. The van der Waals surface area contributed by atoms with Crippen molar-refractivity contribution in [3.05, 3.63) is 46.5 Å². The molecular weight excluding hydrogens is 224 g/mol. The molecule has 0 heterocycles. The summed E-state index contributed by atoms with van der Waals surface area (Å²) in [6.45, 7) is 0. The molecule has 1 aliphatic rings. The van der Waals surface area contributed by atoms with Gasteiger partial charge in [-0.05, 0) is 30.5 Å². The van der Waals surface area contributed by atoms with Gasteiger partial charge in [0.2, 0.25) is 0 Å². The molecule has 0 radical (unpaired) electrons. The van der Waals surface area contributed by atoms with Crippen molar-refractivity contribution in [2.75, 3.05) is 7.11 Å². The van der Waals surface area contributed by atoms with E-state index in [2.05, 4.69) is 0 Å². The van der Waals surface area contributed by atoms with Gasteiger partial charge in [-0.1, -0.05) is 29.8 Å². The molecule has 0 saturated carbocycles. The fraction of sp³-hybridized carbons (Fsp3) is 0.308. The van der Waals surface area contributed by atoms with E-state index in [-0.39, 0.29) is 11.9 Å². The van der Waals surface area contributed by atoms with Crippen LogP contribution in [0.2, 0.25) is 5.02 Å². The minimum Gasteiger partial charge on any atom is -0.466 e. The molecule has 1 unspecified atom stereocenters. The minimum atomic E-state index is -0.225. The summed E-state index contributed by atoms with van der Waals surface area (Å²) in [6.07, 6.45) is 3.86. The number of carbonyl (C=O) groups excluding carboxylic acids is 1. The fourth-order valence-corrected chi connectivity index (χ4v) is 2.21. The van der Waals surface area contributed by atoms with Crippen LogP contribution in [0.3, 0.4) is 0 Å². The summed E-state index contributed by atoms with van der Waals surface area (Å²) in [7, 11) is 1.42. The van der Waals surface area contributed by atoms with Crippen LogP contribution in [-0.4, -0.2) is 13.1 Å². The normalized spacial score (nSPS) is 19.4. The summed E-state index contributed by atoms with van der Waals surface area (Å²) < 4.78 is 4.78. The third-order valence-corrected chi connectivity index (χ3v) is 3.14. The molecule has 0 aromatic heterocycles. The minimum absolute atomic E-state index is 0.157. The maximum Gasteiger partial charge on any atom is 0.334 e. The zero-order chi connectivity index (χ0) is 11.5. The lowest BCUT2D eigenvalue weighted by Gasteiger charge is -2.13. The van der Waals surface area contributed by atoms with Gasteiger partial charge in [-0.2, -0.15) is 0 Å². The van der Waals surface area contributed by atoms with E-state index in [1.807, 2.05) is 30.3 Å². The fourth-order valence-electron chi connectivity index (χ4n) is 2.09. The highest BCUT2D eigenvalue weighted by molar-refractivity contribution is 6.30. The van der Waals surface area contributed by atoms with Gasteiger partial charge < -0.3 is 4.74 Å². The largest absolute Gasteiger partial charge is 0.466 e. The summed E-state index contributed by atoms with van der Waals surface area (Å²) in [5.74, 6) is -0.0674. The first-order valence-electron chi connectivity index (χ1n) is 5.26. The van der Waals surface area contributed by atoms with E-state index in [0.29, 0.717) is 5.02 Å². The third-order valence-electron chi connectivity index (χ3n) is 2.89. The van der Waals surface area contributed by atoms with Gasteiger partial charge in [-0.15, -0.1) is 0 Å². The van der Waals surface area contributed by atoms with Crippen LogP contribution in [0.4, 0.5) is 0 Å². The Morgan fingerprint density at radius 3 is 2.69 bits per heavy atom. The highest BCUT2D eigenvalue weighted by Gasteiger charge is 2.26. The molecule has 2 rings (SSSR count). The van der Waals surface area contributed by atoms with E-state index in [1.165, 1.54) is 7.11 Å². The van der Waals surface area contributed by atoms with Gasteiger partial charge in [0.1, 0.15) is 0 Å². The molecule has 16 heavy (non-hydrogen) atoms. The third kappa shape index (κ3) is 2.12. The maximum atomic E-state index is 11.5. The van der Waals surface area contributed by atoms with Crippen molar-refractivity contribution in [3.63, 3.8) is 0 Å². The molecule has 1 aliphatic carbocycles. The number of esters is 1. The van der Waals surface area contributed by atoms with E-state index in [1.54, 1.807) is 0 Å². The summed E-state index contributed by atoms with van der Waals surface area (Å²) in [5.41, 5.74) is 1.89. The SMILES string of the molecule is COC(=O)C1=CCCC1c1ccc(Cl)cc1. The second-order valence-electron chi connectivity index (χ2n) is 3.83. The molecule has 0 aliphatic heterocycles. The Balaban J connectivity index is 2.25. The van der Waals surface area contributed by atoms with Crippen LogP contribution >= 0.6 is 11.6 Å². The molecule has 0 fully saturated rings. The monoisotopic (exact) mass is 236 g/mol. The number of methoxy groups -OCH3 is 1. The smallest absolute Gasteiger partial charge is 0.334 e. The summed E-state index contributed by atoms with van der Waals surface area (Å²) in [4.78, 5) is 11.5. The summed E-state index contributed by atoms with van der Waals surface area (Å²) in [5, 5.41) is 0.713. The van der Waals surface area contributed by atoms with Crippen molar-refractivity contribution < 1.29 is 9.53 Å². The molecule has 84 valence electrons. The van der Waals surface area contributed by atoms with E-state index in [0.717, 1.165) is 24.0 Å². The first kappa shape index (κ1) is 11.2. The van der Waals surface area contributed by atoms with E-state index in [4.69, 9.17) is 16.3 Å². The van der Waals surface area contributed by atoms with E-state index in [9.17, 15) is 4.79 Å². The topological polar surface area (TPSA) is 26.3 Å². The van der Waals surface area contributed by atoms with Crippen LogP contribution in [0.25, 0.3) is 0 Å². The molecule has 1 aromatic rings. The Bertz CT molecular complexity index is 420. The van der Waals surface area contributed by atoms with Gasteiger partial charge >= 0.3 is 5.97 Å². The molecule has 0 spiro atoms. The van der Waals surface area contributed by atoms with Crippen molar-refractivity contribution >= 4 is 17.6 Å². The number of rotatable bonds is 2. The standard InChI is InChI=1S/C13H13ClO2/c1-16-13(15)12-4-2-3-11(12)9-5-7-10(14)8-6-9/h4-8,11H,2-3H2,1H3. The number of halogens is 1. The highest BCUT2D eigenvalue weighted by atomic mass is 35.5. The second-order valence-corrected chi connectivity index (χ2v) is 4.27. The Kier molecular flexibility index (Phi) is 3.30. The van der Waals surface area contributed by atoms with Crippen LogP contribution in [0, 0.1) is 0 Å². The number of benzene rings is 1. The van der Waals surface area contributed by atoms with Crippen molar-refractivity contribution in [3.8, 4) is 0 Å². The van der Waals surface area contributed by atoms with Crippen LogP contribution < -0.4 is 0 Å². The van der Waals surface area contributed by atoms with Crippen molar-refractivity contribution in [2.45, 2.75) is 18.8 Å². The van der Waals surface area contributed by atoms with Gasteiger partial charge in [-0.3, -0.25) is 0 Å². The molecule has 0 saturated heterocycles. The van der Waals surface area contributed by atoms with Gasteiger partial charge in [0.05, 0.1) is 7.11 Å². The Morgan fingerprint density at radius 2 is 2.06 bits per heavy atom. The first-order valence-corrected chi connectivity index (χ1v) is 5.64. The lowest BCUT2D eigenvalue weighted by Crippen LogP contribution is -2.10. The molecule has 0 amide bonds. The highest BCUT2D eigenvalue weighted by Crippen LogP contribution is 2.35. The summed E-state index contributed by atoms with van der Waals surface area (Å²) in [6, 6.07) is 7.64. The van der Waals surface area contributed by atoms with E-state index >= 15 is 0 Å². The van der Waals surface area contributed by atoms with Gasteiger partial charge in [0.25, 0.3) is 0 Å². The maximum absolute atomic E-state index is 11.5. The van der Waals surface area contributed by atoms with Gasteiger partial charge in [0, 0.05) is 16.5 Å². The predicted molar refractivity (Wildman–Crippen MR) is 63.5 cm³/mol. The average Bonchev–Trinajstić information content (AvgIpc) is 2.78. The first-order chi connectivity index (χ1) is 7.72. The number of hydrogen-bond donors (Lipinski definition) is 0. The molecule has 0 N–H and O–H groups in total. The molecule has 3 heteroatoms. The van der Waals surface area contributed by atoms with Crippen molar-refractivity contribution in [1.82, 2.24) is 0 Å². The predicted octanol–water partition coefficient (Wildman–Crippen LogP) is 3.32. The molecule has 1 atom stereocenters. The van der Waals surface area contributed by atoms with Crippen molar-refractivity contribution in [1.29, 1.82) is 0 Å². The second kappa shape index (κ2) is 4.71. The molecule has 1 aromatic carbocycles. The summed E-state index contributed by atoms with van der Waals surface area (Å²) >= 11 is 5.84. The van der Waals surface area contributed by atoms with Crippen molar-refractivity contribution in [2.24, 2.45) is 0 Å². The van der Waals surface area contributed by atoms with Gasteiger partial charge in [0.15, 0.2) is 0 Å². The average molecular weight is 237 g/mol. The number of allylic oxidation sites excluding steroid dienone is 1. The van der Waals surface area contributed by atoms with Crippen LogP contribution in [0.1, 0.15) is 24.3 Å². The zero-order valence-corrected chi connectivity index (χ0v) is 9.83. The number of ether oxygens (including phenoxy) is 1. The van der Waals surface area contributed by atoms with Crippen LogP contribution in [0.15, 0.2) is 35.9 Å². The van der Waals surface area contributed by atoms with Crippen LogP contribution in [0.5, 0.6) is 0 Å². The quantitative estimate of drug-likeness (QED) is 0.737. The number of carbonyl (C=O) groups is 1. The molecule has 0 bridgehead atoms. The Morgan fingerprint density at radius 1 is 1.38 bits per heavy atom. The van der Waals surface area contributed by atoms with Crippen LogP contribution in [-0.2, 0) is 9.53 Å². The zero-order valence-electron chi connectivity index (χ0n) is 9.07. The lowest BCUT2D eigenvalue weighted by molar-refractivity contribution is -0.136. The number of hydrogen-bond acceptors (Lipinski definition) is 2. The van der Waals surface area contributed by atoms with Gasteiger partial charge in [-0.25, -0.2) is 4.79 Å². The molecular formula is C13H13ClO2. The van der Waals surface area contributed by atoms with E-state index < -0.39 is 0 Å².